The maximum atomic E-state index is 11.6. The molecule has 5 nitrogen and oxygen atoms in total. The normalized spacial score (nSPS) is 12.7. The van der Waals surface area contributed by atoms with Gasteiger partial charge in [-0.05, 0) is 51.4 Å². The smallest absolute Gasteiger partial charge is 0.320 e. The standard InChI is InChI=1S/C20H36N2O3/c1-2-3-4-5-6-7-8-9-10-11-12-16-19(23)22-17-14-13-15-18(21)20(24)25/h6-7,9-10,18H,2-5,8,11-17,21H2,1H3,(H,22,23)(H,24,25)/t18-/m0/s1. The number of unbranched alkanes of at least 4 members (excludes halogenated alkanes) is 5. The SMILES string of the molecule is CCCCCC=CCC=CCCCC(=O)NCCCC[C@H](N)C(=O)O. The Hall–Kier alpha value is -1.62. The van der Waals surface area contributed by atoms with Gasteiger partial charge in [-0.25, -0.2) is 0 Å². The van der Waals surface area contributed by atoms with Gasteiger partial charge in [-0.1, -0.05) is 44.1 Å². The van der Waals surface area contributed by atoms with Gasteiger partial charge in [0.05, 0.1) is 0 Å². The summed E-state index contributed by atoms with van der Waals surface area (Å²) in [6.45, 7) is 2.80. The zero-order chi connectivity index (χ0) is 18.8. The number of hydrogen-bond acceptors (Lipinski definition) is 3. The highest BCUT2D eigenvalue weighted by Gasteiger charge is 2.10. The largest absolute Gasteiger partial charge is 0.480 e. The zero-order valence-corrected chi connectivity index (χ0v) is 15.7. The van der Waals surface area contributed by atoms with Crippen molar-refractivity contribution >= 4 is 11.9 Å². The minimum Gasteiger partial charge on any atom is -0.480 e. The molecule has 144 valence electrons. The van der Waals surface area contributed by atoms with Gasteiger partial charge in [-0.3, -0.25) is 9.59 Å². The highest BCUT2D eigenvalue weighted by molar-refractivity contribution is 5.75. The van der Waals surface area contributed by atoms with E-state index >= 15 is 0 Å². The number of rotatable bonds is 16. The Kier molecular flexibility index (Phi) is 16.1. The van der Waals surface area contributed by atoms with Crippen LogP contribution in [-0.2, 0) is 9.59 Å². The van der Waals surface area contributed by atoms with Gasteiger partial charge in [0.1, 0.15) is 6.04 Å². The molecule has 25 heavy (non-hydrogen) atoms. The van der Waals surface area contributed by atoms with E-state index in [0.29, 0.717) is 25.8 Å². The molecule has 0 aromatic carbocycles. The summed E-state index contributed by atoms with van der Waals surface area (Å²) in [6, 6.07) is -0.798. The van der Waals surface area contributed by atoms with Crippen molar-refractivity contribution in [2.45, 2.75) is 83.6 Å². The fraction of sp³-hybridized carbons (Fsp3) is 0.700. The van der Waals surface area contributed by atoms with Crippen molar-refractivity contribution in [3.63, 3.8) is 0 Å². The van der Waals surface area contributed by atoms with Crippen molar-refractivity contribution in [1.29, 1.82) is 0 Å². The number of carbonyl (C=O) groups is 2. The third-order valence-corrected chi connectivity index (χ3v) is 3.94. The van der Waals surface area contributed by atoms with Crippen molar-refractivity contribution in [1.82, 2.24) is 5.32 Å². The van der Waals surface area contributed by atoms with E-state index in [9.17, 15) is 9.59 Å². The number of amides is 1. The Balaban J connectivity index is 3.43. The summed E-state index contributed by atoms with van der Waals surface area (Å²) in [7, 11) is 0. The predicted molar refractivity (Wildman–Crippen MR) is 103 cm³/mol. The molecule has 0 fully saturated rings. The summed E-state index contributed by atoms with van der Waals surface area (Å²) < 4.78 is 0. The van der Waals surface area contributed by atoms with Crippen LogP contribution in [0.5, 0.6) is 0 Å². The van der Waals surface area contributed by atoms with Crippen molar-refractivity contribution in [3.05, 3.63) is 24.3 Å². The lowest BCUT2D eigenvalue weighted by Gasteiger charge is -2.07. The Bertz CT molecular complexity index is 406. The number of aliphatic carboxylic acids is 1. The van der Waals surface area contributed by atoms with Crippen LogP contribution in [0.4, 0.5) is 0 Å². The maximum absolute atomic E-state index is 11.6. The Labute approximate surface area is 152 Å². The number of carbonyl (C=O) groups excluding carboxylic acids is 1. The van der Waals surface area contributed by atoms with Gasteiger partial charge in [-0.2, -0.15) is 0 Å². The van der Waals surface area contributed by atoms with E-state index in [1.54, 1.807) is 0 Å². The van der Waals surface area contributed by atoms with E-state index in [-0.39, 0.29) is 5.91 Å². The fourth-order valence-corrected chi connectivity index (χ4v) is 2.33. The van der Waals surface area contributed by atoms with Crippen LogP contribution in [-0.4, -0.2) is 29.6 Å². The third-order valence-electron chi connectivity index (χ3n) is 3.94. The molecular weight excluding hydrogens is 316 g/mol. The molecule has 0 radical (unpaired) electrons. The Morgan fingerprint density at radius 3 is 2.32 bits per heavy atom. The molecule has 0 unspecified atom stereocenters. The molecule has 0 rings (SSSR count). The molecule has 0 aromatic heterocycles. The first-order valence-corrected chi connectivity index (χ1v) is 9.63. The number of carboxylic acid groups (broad SMARTS) is 1. The highest BCUT2D eigenvalue weighted by atomic mass is 16.4. The van der Waals surface area contributed by atoms with Crippen molar-refractivity contribution in [2.75, 3.05) is 6.54 Å². The van der Waals surface area contributed by atoms with Crippen LogP contribution in [0.2, 0.25) is 0 Å². The van der Waals surface area contributed by atoms with E-state index in [1.165, 1.54) is 25.7 Å². The topological polar surface area (TPSA) is 92.4 Å². The second kappa shape index (κ2) is 17.2. The molecule has 4 N–H and O–H groups in total. The minimum atomic E-state index is -0.968. The van der Waals surface area contributed by atoms with Crippen molar-refractivity contribution in [3.8, 4) is 0 Å². The average molecular weight is 353 g/mol. The molecule has 0 saturated carbocycles. The number of nitrogens with one attached hydrogen (secondary N) is 1. The van der Waals surface area contributed by atoms with Gasteiger partial charge in [0, 0.05) is 13.0 Å². The maximum Gasteiger partial charge on any atom is 0.320 e. The van der Waals surface area contributed by atoms with E-state index in [2.05, 4.69) is 36.5 Å². The van der Waals surface area contributed by atoms with Crippen LogP contribution >= 0.6 is 0 Å². The monoisotopic (exact) mass is 352 g/mol. The first-order valence-electron chi connectivity index (χ1n) is 9.63. The van der Waals surface area contributed by atoms with E-state index in [1.807, 2.05) is 0 Å². The molecule has 0 aliphatic carbocycles. The molecular formula is C20H36N2O3. The average Bonchev–Trinajstić information content (AvgIpc) is 2.59. The van der Waals surface area contributed by atoms with E-state index in [0.717, 1.165) is 25.7 Å². The minimum absolute atomic E-state index is 0.0618. The van der Waals surface area contributed by atoms with Gasteiger partial charge in [0.25, 0.3) is 0 Å². The molecule has 0 heterocycles. The number of hydrogen-bond donors (Lipinski definition) is 3. The summed E-state index contributed by atoms with van der Waals surface area (Å²) in [6.07, 6.45) is 19.0. The second-order valence-corrected chi connectivity index (χ2v) is 6.36. The predicted octanol–water partition coefficient (Wildman–Crippen LogP) is 3.94. The second-order valence-electron chi connectivity index (χ2n) is 6.36. The molecule has 0 bridgehead atoms. The quantitative estimate of drug-likeness (QED) is 0.290. The summed E-state index contributed by atoms with van der Waals surface area (Å²) in [5, 5.41) is 11.5. The van der Waals surface area contributed by atoms with E-state index < -0.39 is 12.0 Å². The van der Waals surface area contributed by atoms with E-state index in [4.69, 9.17) is 10.8 Å². The van der Waals surface area contributed by atoms with Crippen LogP contribution in [0, 0.1) is 0 Å². The molecule has 0 spiro atoms. The summed E-state index contributed by atoms with van der Waals surface area (Å²) in [5.74, 6) is -0.907. The van der Waals surface area contributed by atoms with Gasteiger partial charge in [0.15, 0.2) is 0 Å². The molecule has 0 aliphatic rings. The lowest BCUT2D eigenvalue weighted by molar-refractivity contribution is -0.138. The van der Waals surface area contributed by atoms with Gasteiger partial charge >= 0.3 is 5.97 Å². The summed E-state index contributed by atoms with van der Waals surface area (Å²) in [5.41, 5.74) is 5.41. The van der Waals surface area contributed by atoms with Crippen LogP contribution in [0.3, 0.4) is 0 Å². The van der Waals surface area contributed by atoms with Crippen LogP contribution in [0.15, 0.2) is 24.3 Å². The number of carboxylic acids is 1. The third kappa shape index (κ3) is 17.0. The molecule has 0 saturated heterocycles. The fourth-order valence-electron chi connectivity index (χ4n) is 2.33. The highest BCUT2D eigenvalue weighted by Crippen LogP contribution is 2.02. The lowest BCUT2D eigenvalue weighted by Crippen LogP contribution is -2.30. The first-order chi connectivity index (χ1) is 12.1. The molecule has 0 aliphatic heterocycles. The molecule has 1 amide bonds. The summed E-state index contributed by atoms with van der Waals surface area (Å²) in [4.78, 5) is 22.2. The van der Waals surface area contributed by atoms with Crippen molar-refractivity contribution < 1.29 is 14.7 Å². The number of allylic oxidation sites excluding steroid dienone is 4. The van der Waals surface area contributed by atoms with Gasteiger partial charge in [-0.15, -0.1) is 0 Å². The number of nitrogens with two attached hydrogens (primary N) is 1. The molecule has 5 heteroatoms. The zero-order valence-electron chi connectivity index (χ0n) is 15.7. The lowest BCUT2D eigenvalue weighted by atomic mass is 10.1. The molecule has 1 atom stereocenters. The Morgan fingerprint density at radius 1 is 1.00 bits per heavy atom. The van der Waals surface area contributed by atoms with Gasteiger partial charge in [0.2, 0.25) is 5.91 Å². The molecule has 0 aromatic rings. The van der Waals surface area contributed by atoms with Gasteiger partial charge < -0.3 is 16.2 Å². The summed E-state index contributed by atoms with van der Waals surface area (Å²) >= 11 is 0. The van der Waals surface area contributed by atoms with Crippen LogP contribution in [0.25, 0.3) is 0 Å². The first kappa shape index (κ1) is 23.4. The van der Waals surface area contributed by atoms with Crippen molar-refractivity contribution in [2.24, 2.45) is 5.73 Å². The Morgan fingerprint density at radius 2 is 1.68 bits per heavy atom. The van der Waals surface area contributed by atoms with Crippen LogP contribution < -0.4 is 11.1 Å². The van der Waals surface area contributed by atoms with Crippen LogP contribution in [0.1, 0.15) is 77.6 Å².